The Bertz CT molecular complexity index is 662. The number of H-pyrrole nitrogens is 1. The van der Waals surface area contributed by atoms with Crippen molar-refractivity contribution in [2.24, 2.45) is 0 Å². The zero-order valence-electron chi connectivity index (χ0n) is 8.55. The number of benzene rings is 1. The molecule has 0 bridgehead atoms. The largest absolute Gasteiger partial charge is 0.507 e. The van der Waals surface area contributed by atoms with Crippen LogP contribution in [0.1, 0.15) is 0 Å². The molecular formula is C11H7IN4O. The molecule has 2 N–H and O–H groups in total. The van der Waals surface area contributed by atoms with Crippen LogP contribution in [0.5, 0.6) is 5.75 Å². The summed E-state index contributed by atoms with van der Waals surface area (Å²) in [5.41, 5.74) is 2.00. The molecule has 0 radical (unpaired) electrons. The second-order valence-electron chi connectivity index (χ2n) is 3.51. The maximum absolute atomic E-state index is 9.81. The van der Waals surface area contributed by atoms with Gasteiger partial charge in [0.15, 0.2) is 5.65 Å². The van der Waals surface area contributed by atoms with Gasteiger partial charge < -0.3 is 10.1 Å². The number of nitrogens with one attached hydrogen (secondary N) is 1. The van der Waals surface area contributed by atoms with Crippen LogP contribution in [-0.2, 0) is 0 Å². The summed E-state index contributed by atoms with van der Waals surface area (Å²) >= 11 is 2.19. The fourth-order valence-electron chi connectivity index (χ4n) is 1.59. The molecule has 0 aliphatic rings. The Hall–Kier alpha value is -1.70. The molecule has 0 saturated heterocycles. The maximum atomic E-state index is 9.81. The minimum absolute atomic E-state index is 0.192. The number of aromatic amines is 1. The molecule has 1 aromatic carbocycles. The number of phenolic OH excluding ortho intramolecular Hbond substituents is 1. The summed E-state index contributed by atoms with van der Waals surface area (Å²) in [5, 5.41) is 9.81. The number of rotatable bonds is 1. The van der Waals surface area contributed by atoms with Crippen LogP contribution in [0.2, 0.25) is 0 Å². The minimum Gasteiger partial charge on any atom is -0.507 e. The molecule has 17 heavy (non-hydrogen) atoms. The van der Waals surface area contributed by atoms with Crippen LogP contribution in [0.3, 0.4) is 0 Å². The van der Waals surface area contributed by atoms with Gasteiger partial charge in [-0.2, -0.15) is 0 Å². The Labute approximate surface area is 110 Å². The predicted octanol–water partition coefficient (Wildman–Crippen LogP) is 2.33. The minimum atomic E-state index is 0.192. The van der Waals surface area contributed by atoms with Gasteiger partial charge in [-0.05, 0) is 40.8 Å². The fourth-order valence-corrected chi connectivity index (χ4v) is 2.08. The summed E-state index contributed by atoms with van der Waals surface area (Å²) < 4.78 is 1.03. The summed E-state index contributed by atoms with van der Waals surface area (Å²) in [6, 6.07) is 5.35. The van der Waals surface area contributed by atoms with E-state index in [0.29, 0.717) is 17.0 Å². The number of hydrogen-bond acceptors (Lipinski definition) is 4. The highest BCUT2D eigenvalue weighted by molar-refractivity contribution is 14.1. The van der Waals surface area contributed by atoms with Crippen molar-refractivity contribution in [3.8, 4) is 17.1 Å². The van der Waals surface area contributed by atoms with E-state index in [9.17, 15) is 5.11 Å². The van der Waals surface area contributed by atoms with E-state index in [4.69, 9.17) is 0 Å². The Morgan fingerprint density at radius 3 is 3.00 bits per heavy atom. The van der Waals surface area contributed by atoms with Gasteiger partial charge >= 0.3 is 0 Å². The Morgan fingerprint density at radius 2 is 2.18 bits per heavy atom. The van der Waals surface area contributed by atoms with Crippen molar-refractivity contribution in [3.63, 3.8) is 0 Å². The van der Waals surface area contributed by atoms with Crippen LogP contribution in [0.25, 0.3) is 22.6 Å². The van der Waals surface area contributed by atoms with Crippen LogP contribution in [0.4, 0.5) is 0 Å². The SMILES string of the molecule is Oc1ccc(I)cc1-c1nc2ncncc2[nH]1. The number of phenols is 1. The Balaban J connectivity index is 2.23. The third-order valence-corrected chi connectivity index (χ3v) is 3.05. The summed E-state index contributed by atoms with van der Waals surface area (Å²) in [6.45, 7) is 0. The first-order chi connectivity index (χ1) is 8.24. The smallest absolute Gasteiger partial charge is 0.181 e. The van der Waals surface area contributed by atoms with Gasteiger partial charge in [0, 0.05) is 3.57 Å². The summed E-state index contributed by atoms with van der Waals surface area (Å²) in [5.74, 6) is 0.786. The van der Waals surface area contributed by atoms with E-state index in [2.05, 4.69) is 42.5 Å². The second-order valence-corrected chi connectivity index (χ2v) is 4.75. The molecule has 0 unspecified atom stereocenters. The Kier molecular flexibility index (Phi) is 2.43. The van der Waals surface area contributed by atoms with Gasteiger partial charge in [-0.1, -0.05) is 0 Å². The van der Waals surface area contributed by atoms with Gasteiger partial charge in [-0.15, -0.1) is 0 Å². The highest BCUT2D eigenvalue weighted by Gasteiger charge is 2.10. The van der Waals surface area contributed by atoms with Crippen LogP contribution >= 0.6 is 22.6 Å². The van der Waals surface area contributed by atoms with Crippen LogP contribution in [0.15, 0.2) is 30.7 Å². The maximum Gasteiger partial charge on any atom is 0.181 e. The van der Waals surface area contributed by atoms with E-state index < -0.39 is 0 Å². The standard InChI is InChI=1S/C11H7IN4O/c12-6-1-2-9(17)7(3-6)10-15-8-4-13-5-14-11(8)16-10/h1-5,17H,(H,13,14,15,16). The number of aromatic hydroxyl groups is 1. The lowest BCUT2D eigenvalue weighted by molar-refractivity contribution is 0.477. The van der Waals surface area contributed by atoms with Crippen molar-refractivity contribution < 1.29 is 5.11 Å². The number of halogens is 1. The monoisotopic (exact) mass is 338 g/mol. The third kappa shape index (κ3) is 1.84. The van der Waals surface area contributed by atoms with Crippen molar-refractivity contribution >= 4 is 33.8 Å². The molecule has 0 spiro atoms. The Morgan fingerprint density at radius 1 is 1.29 bits per heavy atom. The molecule has 3 aromatic rings. The lowest BCUT2D eigenvalue weighted by Crippen LogP contribution is -1.83. The zero-order valence-corrected chi connectivity index (χ0v) is 10.7. The van der Waals surface area contributed by atoms with E-state index in [1.807, 2.05) is 12.1 Å². The van der Waals surface area contributed by atoms with Crippen molar-refractivity contribution in [1.29, 1.82) is 0 Å². The number of nitrogens with zero attached hydrogens (tertiary/aromatic N) is 3. The molecule has 0 saturated carbocycles. The summed E-state index contributed by atoms with van der Waals surface area (Å²) in [7, 11) is 0. The van der Waals surface area contributed by atoms with Gasteiger partial charge in [0.2, 0.25) is 0 Å². The molecule has 5 nitrogen and oxygen atoms in total. The van der Waals surface area contributed by atoms with Gasteiger partial charge in [-0.25, -0.2) is 15.0 Å². The molecule has 0 aliphatic carbocycles. The van der Waals surface area contributed by atoms with Gasteiger partial charge in [-0.3, -0.25) is 0 Å². The van der Waals surface area contributed by atoms with Crippen LogP contribution in [-0.4, -0.2) is 25.0 Å². The molecule has 84 valence electrons. The molecule has 0 amide bonds. The van der Waals surface area contributed by atoms with Crippen molar-refractivity contribution in [2.45, 2.75) is 0 Å². The first-order valence-electron chi connectivity index (χ1n) is 4.88. The number of hydrogen-bond donors (Lipinski definition) is 2. The lowest BCUT2D eigenvalue weighted by atomic mass is 10.2. The highest BCUT2D eigenvalue weighted by Crippen LogP contribution is 2.29. The first kappa shape index (κ1) is 10.5. The van der Waals surface area contributed by atoms with E-state index in [1.165, 1.54) is 6.33 Å². The number of fused-ring (bicyclic) bond motifs is 1. The van der Waals surface area contributed by atoms with Crippen molar-refractivity contribution in [2.75, 3.05) is 0 Å². The number of imidazole rings is 1. The lowest BCUT2D eigenvalue weighted by Gasteiger charge is -2.01. The molecule has 2 heterocycles. The van der Waals surface area contributed by atoms with Crippen LogP contribution < -0.4 is 0 Å². The predicted molar refractivity (Wildman–Crippen MR) is 71.5 cm³/mol. The zero-order chi connectivity index (χ0) is 11.8. The van der Waals surface area contributed by atoms with E-state index in [0.717, 1.165) is 9.09 Å². The molecule has 0 aliphatic heterocycles. The molecule has 2 aromatic heterocycles. The van der Waals surface area contributed by atoms with E-state index in [1.54, 1.807) is 12.3 Å². The normalized spacial score (nSPS) is 10.9. The van der Waals surface area contributed by atoms with E-state index >= 15 is 0 Å². The molecule has 0 atom stereocenters. The molecule has 6 heteroatoms. The van der Waals surface area contributed by atoms with Gasteiger partial charge in [0.05, 0.1) is 11.8 Å². The quantitative estimate of drug-likeness (QED) is 0.668. The molecule has 0 fully saturated rings. The average Bonchev–Trinajstić information content (AvgIpc) is 2.75. The average molecular weight is 338 g/mol. The van der Waals surface area contributed by atoms with Crippen molar-refractivity contribution in [3.05, 3.63) is 34.3 Å². The third-order valence-electron chi connectivity index (χ3n) is 2.38. The fraction of sp³-hybridized carbons (Fsp3) is 0. The first-order valence-corrected chi connectivity index (χ1v) is 5.96. The molecular weight excluding hydrogens is 331 g/mol. The van der Waals surface area contributed by atoms with Gasteiger partial charge in [0.25, 0.3) is 0 Å². The highest BCUT2D eigenvalue weighted by atomic mass is 127. The summed E-state index contributed by atoms with van der Waals surface area (Å²) in [4.78, 5) is 15.4. The second kappa shape index (κ2) is 3.95. The van der Waals surface area contributed by atoms with Crippen LogP contribution in [0, 0.1) is 3.57 Å². The topological polar surface area (TPSA) is 74.7 Å². The van der Waals surface area contributed by atoms with Crippen molar-refractivity contribution in [1.82, 2.24) is 19.9 Å². The van der Waals surface area contributed by atoms with Gasteiger partial charge in [0.1, 0.15) is 23.4 Å². The number of aromatic nitrogens is 4. The molecule has 3 rings (SSSR count). The summed E-state index contributed by atoms with van der Waals surface area (Å²) in [6.07, 6.45) is 3.10. The van der Waals surface area contributed by atoms with E-state index in [-0.39, 0.29) is 5.75 Å².